The summed E-state index contributed by atoms with van der Waals surface area (Å²) < 4.78 is 0.875. The molecule has 2 rings (SSSR count). The lowest BCUT2D eigenvalue weighted by Gasteiger charge is -1.90. The van der Waals surface area contributed by atoms with Crippen LogP contribution in [0, 0.1) is 0 Å². The van der Waals surface area contributed by atoms with Crippen molar-refractivity contribution < 1.29 is 10.5 Å². The number of aromatic hydroxyl groups is 1. The molecule has 82 valence electrons. The molecule has 0 saturated carbocycles. The molecule has 0 radical (unpaired) electrons. The van der Waals surface area contributed by atoms with Crippen LogP contribution in [0.5, 0.6) is 5.88 Å². The molecule has 0 saturated heterocycles. The van der Waals surface area contributed by atoms with Gasteiger partial charge in [-0.05, 0) is 18.2 Å². The maximum absolute atomic E-state index is 9.62. The van der Waals surface area contributed by atoms with Crippen LogP contribution in [0.4, 0.5) is 5.69 Å². The fraction of sp³-hybridized carbons (Fsp3) is 0. The van der Waals surface area contributed by atoms with Gasteiger partial charge in [-0.25, -0.2) is 0 Å². The van der Waals surface area contributed by atoms with Gasteiger partial charge in [-0.3, -0.25) is 11.1 Å². The van der Waals surface area contributed by atoms with Crippen molar-refractivity contribution in [3.05, 3.63) is 22.7 Å². The predicted molar refractivity (Wildman–Crippen MR) is 63.3 cm³/mol. The molecule has 7 heteroatoms. The number of halogens is 1. The molecule has 2 aromatic rings. The molecule has 0 aliphatic carbocycles. The van der Waals surface area contributed by atoms with E-state index in [0.29, 0.717) is 5.69 Å². The fourth-order valence-electron chi connectivity index (χ4n) is 1.34. The van der Waals surface area contributed by atoms with E-state index in [9.17, 15) is 5.11 Å². The van der Waals surface area contributed by atoms with Crippen molar-refractivity contribution in [3.8, 4) is 5.88 Å². The molecule has 0 bridgehead atoms. The highest BCUT2D eigenvalue weighted by molar-refractivity contribution is 9.10. The van der Waals surface area contributed by atoms with E-state index in [1.807, 2.05) is 18.2 Å². The number of nitrogens with zero attached hydrogens (tertiary/aromatic N) is 2. The smallest absolute Gasteiger partial charge is 0.403 e. The number of nitrogens with two attached hydrogens (primary N) is 2. The standard InChI is InChI=1S/C9H8BrN5O/c10-4-1-2-6-5(3-4)7(8(16)13-6)14-15-9(11)12/h1-3,13,16H,(H3,11,12)/p+1. The molecule has 0 spiro atoms. The number of benzene rings is 1. The Bertz CT molecular complexity index is 589. The summed E-state index contributed by atoms with van der Waals surface area (Å²) in [5.41, 5.74) is 6.23. The summed E-state index contributed by atoms with van der Waals surface area (Å²) in [5, 5.41) is 22.8. The minimum absolute atomic E-state index is 0.0712. The van der Waals surface area contributed by atoms with E-state index in [1.165, 1.54) is 0 Å². The summed E-state index contributed by atoms with van der Waals surface area (Å²) in [4.78, 5) is 2.77. The SMILES string of the molecule is NC(=[NH2+])N=Nc1c(O)[nH]c2ccc(Br)cc12. The maximum atomic E-state index is 9.62. The Morgan fingerprint density at radius 3 is 2.94 bits per heavy atom. The van der Waals surface area contributed by atoms with Gasteiger partial charge in [0.25, 0.3) is 0 Å². The molecule has 0 aliphatic heterocycles. The van der Waals surface area contributed by atoms with E-state index in [2.05, 4.69) is 31.1 Å². The van der Waals surface area contributed by atoms with E-state index in [-0.39, 0.29) is 11.8 Å². The van der Waals surface area contributed by atoms with Gasteiger partial charge in [-0.1, -0.05) is 21.0 Å². The zero-order valence-corrected chi connectivity index (χ0v) is 9.69. The van der Waals surface area contributed by atoms with Gasteiger partial charge in [0, 0.05) is 15.0 Å². The second-order valence-electron chi connectivity index (χ2n) is 3.14. The number of H-pyrrole nitrogens is 1. The Hall–Kier alpha value is -1.89. The van der Waals surface area contributed by atoms with Gasteiger partial charge in [-0.15, -0.1) is 0 Å². The molecule has 6 N–H and O–H groups in total. The van der Waals surface area contributed by atoms with Crippen molar-refractivity contribution in [2.45, 2.75) is 0 Å². The number of nitrogens with one attached hydrogen (secondary N) is 1. The summed E-state index contributed by atoms with van der Waals surface area (Å²) in [5.74, 6) is -0.234. The third-order valence-corrected chi connectivity index (χ3v) is 2.47. The molecule has 16 heavy (non-hydrogen) atoms. The number of hydrogen-bond acceptors (Lipinski definition) is 2. The first-order valence-corrected chi connectivity index (χ1v) is 5.17. The lowest BCUT2D eigenvalue weighted by atomic mass is 10.2. The van der Waals surface area contributed by atoms with Crippen LogP contribution in [0.2, 0.25) is 0 Å². The van der Waals surface area contributed by atoms with Gasteiger partial charge >= 0.3 is 5.96 Å². The zero-order valence-electron chi connectivity index (χ0n) is 8.11. The average molecular weight is 283 g/mol. The molecule has 1 heterocycles. The van der Waals surface area contributed by atoms with Crippen LogP contribution in [0.3, 0.4) is 0 Å². The van der Waals surface area contributed by atoms with E-state index in [0.717, 1.165) is 15.4 Å². The molecule has 0 aliphatic rings. The highest BCUT2D eigenvalue weighted by Crippen LogP contribution is 2.36. The lowest BCUT2D eigenvalue weighted by Crippen LogP contribution is -2.43. The Labute approximate surface area is 98.8 Å². The predicted octanol–water partition coefficient (Wildman–Crippen LogP) is 0.794. The molecular formula is C9H9BrN5O+. The third kappa shape index (κ3) is 1.89. The van der Waals surface area contributed by atoms with Crippen molar-refractivity contribution in [1.29, 1.82) is 0 Å². The highest BCUT2D eigenvalue weighted by atomic mass is 79.9. The van der Waals surface area contributed by atoms with Gasteiger partial charge in [0.2, 0.25) is 5.88 Å². The van der Waals surface area contributed by atoms with Crippen LogP contribution in [-0.4, -0.2) is 16.1 Å². The summed E-state index contributed by atoms with van der Waals surface area (Å²) in [6, 6.07) is 5.48. The van der Waals surface area contributed by atoms with Gasteiger partial charge in [-0.2, -0.15) is 0 Å². The van der Waals surface area contributed by atoms with Crippen LogP contribution in [0.1, 0.15) is 0 Å². The zero-order chi connectivity index (χ0) is 11.7. The Morgan fingerprint density at radius 2 is 2.25 bits per heavy atom. The van der Waals surface area contributed by atoms with Crippen molar-refractivity contribution in [2.75, 3.05) is 0 Å². The molecule has 6 nitrogen and oxygen atoms in total. The summed E-state index contributed by atoms with van der Waals surface area (Å²) >= 11 is 3.33. The molecule has 0 fully saturated rings. The Balaban J connectivity index is 2.62. The number of aromatic nitrogens is 1. The second kappa shape index (κ2) is 3.93. The third-order valence-electron chi connectivity index (χ3n) is 1.98. The minimum Gasteiger partial charge on any atom is -0.493 e. The van der Waals surface area contributed by atoms with E-state index >= 15 is 0 Å². The fourth-order valence-corrected chi connectivity index (χ4v) is 1.71. The lowest BCUT2D eigenvalue weighted by molar-refractivity contribution is -0.117. The number of aromatic amines is 1. The molecule has 1 aromatic carbocycles. The molecule has 0 unspecified atom stereocenters. The van der Waals surface area contributed by atoms with Gasteiger partial charge in [0.1, 0.15) is 0 Å². The van der Waals surface area contributed by atoms with E-state index < -0.39 is 0 Å². The number of hydrogen-bond donors (Lipinski definition) is 4. The normalized spacial score (nSPS) is 11.3. The molecule has 1 aromatic heterocycles. The topological polar surface area (TPSA) is 112 Å². The molecular weight excluding hydrogens is 274 g/mol. The quantitative estimate of drug-likeness (QED) is 0.352. The number of fused-ring (bicyclic) bond motifs is 1. The van der Waals surface area contributed by atoms with E-state index in [1.54, 1.807) is 0 Å². The van der Waals surface area contributed by atoms with Crippen molar-refractivity contribution >= 4 is 38.5 Å². The minimum atomic E-state index is -0.163. The van der Waals surface area contributed by atoms with Crippen LogP contribution in [-0.2, 0) is 0 Å². The molecule has 0 atom stereocenters. The first-order valence-electron chi connectivity index (χ1n) is 4.38. The first kappa shape index (κ1) is 10.6. The second-order valence-corrected chi connectivity index (χ2v) is 4.05. The first-order chi connectivity index (χ1) is 7.58. The van der Waals surface area contributed by atoms with Gasteiger partial charge in [0.15, 0.2) is 5.69 Å². The summed E-state index contributed by atoms with van der Waals surface area (Å²) in [7, 11) is 0. The number of rotatable bonds is 1. The van der Waals surface area contributed by atoms with Crippen LogP contribution < -0.4 is 11.1 Å². The van der Waals surface area contributed by atoms with Crippen LogP contribution in [0.25, 0.3) is 10.9 Å². The highest BCUT2D eigenvalue weighted by Gasteiger charge is 2.12. The van der Waals surface area contributed by atoms with Crippen molar-refractivity contribution in [2.24, 2.45) is 16.0 Å². The Kier molecular flexibility index (Phi) is 2.61. The van der Waals surface area contributed by atoms with Crippen LogP contribution in [0.15, 0.2) is 32.9 Å². The van der Waals surface area contributed by atoms with E-state index in [4.69, 9.17) is 11.1 Å². The largest absolute Gasteiger partial charge is 0.493 e. The molecule has 0 amide bonds. The van der Waals surface area contributed by atoms with Crippen LogP contribution >= 0.6 is 15.9 Å². The van der Waals surface area contributed by atoms with Gasteiger partial charge < -0.3 is 10.1 Å². The monoisotopic (exact) mass is 282 g/mol. The average Bonchev–Trinajstić information content (AvgIpc) is 2.51. The van der Waals surface area contributed by atoms with Crippen molar-refractivity contribution in [1.82, 2.24) is 4.98 Å². The number of guanidine groups is 1. The number of azo groups is 1. The van der Waals surface area contributed by atoms with Crippen molar-refractivity contribution in [3.63, 3.8) is 0 Å². The van der Waals surface area contributed by atoms with Gasteiger partial charge in [0.05, 0.1) is 5.52 Å². The Morgan fingerprint density at radius 1 is 1.50 bits per heavy atom. The summed E-state index contributed by atoms with van der Waals surface area (Å²) in [6.07, 6.45) is 0. The maximum Gasteiger partial charge on any atom is 0.403 e. The summed E-state index contributed by atoms with van der Waals surface area (Å²) in [6.45, 7) is 0.